The molecule has 0 amide bonds. The number of benzene rings is 2. The Morgan fingerprint density at radius 2 is 1.60 bits per heavy atom. The molecule has 0 heterocycles. The Labute approximate surface area is 126 Å². The molecule has 103 valence electrons. The van der Waals surface area contributed by atoms with E-state index in [1.807, 2.05) is 12.1 Å². The lowest BCUT2D eigenvalue weighted by Gasteiger charge is -2.12. The summed E-state index contributed by atoms with van der Waals surface area (Å²) >= 11 is 3.35. The molecule has 0 unspecified atom stereocenters. The number of rotatable bonds is 4. The average molecular weight is 334 g/mol. The largest absolute Gasteiger partial charge is 0.493 e. The van der Waals surface area contributed by atoms with E-state index in [-0.39, 0.29) is 5.78 Å². The SMILES string of the molecule is [CH2]c1cc(OC)c(OC)cc1C(=O)c1ccc(Br)cc1. The van der Waals surface area contributed by atoms with Crippen LogP contribution in [-0.4, -0.2) is 20.0 Å². The van der Waals surface area contributed by atoms with Crippen LogP contribution in [0.3, 0.4) is 0 Å². The molecule has 0 spiro atoms. The zero-order chi connectivity index (χ0) is 14.7. The molecule has 1 radical (unpaired) electrons. The lowest BCUT2D eigenvalue weighted by Crippen LogP contribution is -2.05. The van der Waals surface area contributed by atoms with Gasteiger partial charge in [-0.25, -0.2) is 0 Å². The van der Waals surface area contributed by atoms with Gasteiger partial charge in [-0.05, 0) is 48.9 Å². The van der Waals surface area contributed by atoms with Crippen LogP contribution in [0.15, 0.2) is 40.9 Å². The van der Waals surface area contributed by atoms with Crippen LogP contribution in [0.5, 0.6) is 11.5 Å². The van der Waals surface area contributed by atoms with E-state index in [1.54, 1.807) is 31.4 Å². The predicted octanol–water partition coefficient (Wildman–Crippen LogP) is 3.88. The van der Waals surface area contributed by atoms with Crippen LogP contribution in [0.2, 0.25) is 0 Å². The van der Waals surface area contributed by atoms with E-state index < -0.39 is 0 Å². The molecule has 0 saturated heterocycles. The molecule has 0 aliphatic heterocycles. The van der Waals surface area contributed by atoms with Crippen molar-refractivity contribution in [3.63, 3.8) is 0 Å². The second-order valence-electron chi connectivity index (χ2n) is 4.20. The van der Waals surface area contributed by atoms with Crippen LogP contribution in [-0.2, 0) is 0 Å². The third-order valence-corrected chi connectivity index (χ3v) is 3.49. The van der Waals surface area contributed by atoms with Gasteiger partial charge >= 0.3 is 0 Å². The van der Waals surface area contributed by atoms with Crippen LogP contribution < -0.4 is 9.47 Å². The summed E-state index contributed by atoms with van der Waals surface area (Å²) in [5, 5.41) is 0. The van der Waals surface area contributed by atoms with Gasteiger partial charge in [-0.1, -0.05) is 15.9 Å². The van der Waals surface area contributed by atoms with E-state index in [4.69, 9.17) is 9.47 Å². The summed E-state index contributed by atoms with van der Waals surface area (Å²) in [4.78, 5) is 12.5. The van der Waals surface area contributed by atoms with Crippen molar-refractivity contribution in [1.82, 2.24) is 0 Å². The Bertz CT molecular complexity index is 633. The van der Waals surface area contributed by atoms with Gasteiger partial charge in [0.05, 0.1) is 14.2 Å². The summed E-state index contributed by atoms with van der Waals surface area (Å²) in [6.45, 7) is 3.90. The van der Waals surface area contributed by atoms with Gasteiger partial charge in [0.1, 0.15) is 0 Å². The van der Waals surface area contributed by atoms with Crippen LogP contribution >= 0.6 is 15.9 Å². The minimum absolute atomic E-state index is 0.0940. The van der Waals surface area contributed by atoms with Crippen LogP contribution in [0.25, 0.3) is 0 Å². The summed E-state index contributed by atoms with van der Waals surface area (Å²) < 4.78 is 11.3. The fourth-order valence-electron chi connectivity index (χ4n) is 1.89. The van der Waals surface area contributed by atoms with Gasteiger partial charge in [0.15, 0.2) is 17.3 Å². The molecule has 0 N–H and O–H groups in total. The van der Waals surface area contributed by atoms with Gasteiger partial charge in [-0.2, -0.15) is 0 Å². The molecule has 2 aromatic carbocycles. The van der Waals surface area contributed by atoms with Crippen molar-refractivity contribution in [2.24, 2.45) is 0 Å². The average Bonchev–Trinajstić information content (AvgIpc) is 2.47. The van der Waals surface area contributed by atoms with E-state index in [2.05, 4.69) is 22.9 Å². The van der Waals surface area contributed by atoms with Crippen molar-refractivity contribution in [2.45, 2.75) is 0 Å². The Morgan fingerprint density at radius 1 is 1.05 bits per heavy atom. The first-order chi connectivity index (χ1) is 9.56. The molecule has 2 aromatic rings. The number of halogens is 1. The third kappa shape index (κ3) is 2.85. The Kier molecular flexibility index (Phi) is 4.45. The highest BCUT2D eigenvalue weighted by Gasteiger charge is 2.16. The number of ketones is 1. The third-order valence-electron chi connectivity index (χ3n) is 2.96. The van der Waals surface area contributed by atoms with E-state index in [1.165, 1.54) is 7.11 Å². The molecule has 3 nitrogen and oxygen atoms in total. The molecule has 0 bridgehead atoms. The van der Waals surface area contributed by atoms with Gasteiger partial charge in [-0.3, -0.25) is 4.79 Å². The lowest BCUT2D eigenvalue weighted by molar-refractivity contribution is 0.103. The van der Waals surface area contributed by atoms with Crippen molar-refractivity contribution in [3.05, 3.63) is 64.5 Å². The number of carbonyl (C=O) groups excluding carboxylic acids is 1. The molecule has 2 rings (SSSR count). The number of hydrogen-bond acceptors (Lipinski definition) is 3. The highest BCUT2D eigenvalue weighted by molar-refractivity contribution is 9.10. The zero-order valence-corrected chi connectivity index (χ0v) is 12.9. The normalized spacial score (nSPS) is 10.2. The first-order valence-corrected chi connectivity index (χ1v) is 6.74. The summed E-state index contributed by atoms with van der Waals surface area (Å²) in [7, 11) is 3.09. The first-order valence-electron chi connectivity index (χ1n) is 5.95. The van der Waals surface area contributed by atoms with Gasteiger partial charge in [0.25, 0.3) is 0 Å². The van der Waals surface area contributed by atoms with E-state index in [9.17, 15) is 4.79 Å². The molecule has 0 fully saturated rings. The maximum absolute atomic E-state index is 12.5. The molecule has 0 saturated carbocycles. The van der Waals surface area contributed by atoms with E-state index in [0.717, 1.165) is 4.47 Å². The summed E-state index contributed by atoms with van der Waals surface area (Å²) in [6, 6.07) is 10.6. The van der Waals surface area contributed by atoms with Gasteiger partial charge in [0, 0.05) is 15.6 Å². The minimum atomic E-state index is -0.0940. The van der Waals surface area contributed by atoms with Gasteiger partial charge < -0.3 is 9.47 Å². The number of hydrogen-bond donors (Lipinski definition) is 0. The summed E-state index contributed by atoms with van der Waals surface area (Å²) in [5.41, 5.74) is 1.71. The number of ether oxygens (including phenoxy) is 2. The molecule has 0 aliphatic carbocycles. The fourth-order valence-corrected chi connectivity index (χ4v) is 2.15. The highest BCUT2D eigenvalue weighted by Crippen LogP contribution is 2.31. The number of carbonyl (C=O) groups is 1. The van der Waals surface area contributed by atoms with Gasteiger partial charge in [-0.15, -0.1) is 0 Å². The topological polar surface area (TPSA) is 35.5 Å². The monoisotopic (exact) mass is 333 g/mol. The smallest absolute Gasteiger partial charge is 0.193 e. The number of methoxy groups -OCH3 is 2. The van der Waals surface area contributed by atoms with Crippen molar-refractivity contribution in [2.75, 3.05) is 14.2 Å². The van der Waals surface area contributed by atoms with Crippen LogP contribution in [0, 0.1) is 6.92 Å². The second kappa shape index (κ2) is 6.09. The standard InChI is InChI=1S/C16H14BrO3/c1-10-8-14(19-2)15(20-3)9-13(10)16(18)11-4-6-12(17)7-5-11/h4-9H,1H2,2-3H3. The Balaban J connectivity index is 2.46. The molecule has 20 heavy (non-hydrogen) atoms. The summed E-state index contributed by atoms with van der Waals surface area (Å²) in [6.07, 6.45) is 0. The quantitative estimate of drug-likeness (QED) is 0.796. The van der Waals surface area contributed by atoms with Crippen LogP contribution in [0.4, 0.5) is 0 Å². The molecule has 0 aliphatic rings. The minimum Gasteiger partial charge on any atom is -0.493 e. The van der Waals surface area contributed by atoms with Crippen molar-refractivity contribution >= 4 is 21.7 Å². The maximum Gasteiger partial charge on any atom is 0.193 e. The van der Waals surface area contributed by atoms with E-state index >= 15 is 0 Å². The Morgan fingerprint density at radius 3 is 2.15 bits per heavy atom. The van der Waals surface area contributed by atoms with Crippen molar-refractivity contribution in [3.8, 4) is 11.5 Å². The lowest BCUT2D eigenvalue weighted by atomic mass is 9.98. The molecule has 0 atom stereocenters. The molecule has 4 heteroatoms. The van der Waals surface area contributed by atoms with Gasteiger partial charge in [0.2, 0.25) is 0 Å². The predicted molar refractivity (Wildman–Crippen MR) is 81.6 cm³/mol. The fraction of sp³-hybridized carbons (Fsp3) is 0.125. The maximum atomic E-state index is 12.5. The molecular weight excluding hydrogens is 320 g/mol. The van der Waals surface area contributed by atoms with Crippen LogP contribution in [0.1, 0.15) is 21.5 Å². The molecule has 0 aromatic heterocycles. The Hall–Kier alpha value is -1.81. The first kappa shape index (κ1) is 14.6. The zero-order valence-electron chi connectivity index (χ0n) is 11.3. The van der Waals surface area contributed by atoms with E-state index in [0.29, 0.717) is 28.2 Å². The van der Waals surface area contributed by atoms with Crippen molar-refractivity contribution in [1.29, 1.82) is 0 Å². The van der Waals surface area contributed by atoms with Crippen molar-refractivity contribution < 1.29 is 14.3 Å². The highest BCUT2D eigenvalue weighted by atomic mass is 79.9. The summed E-state index contributed by atoms with van der Waals surface area (Å²) in [5.74, 6) is 0.980. The second-order valence-corrected chi connectivity index (χ2v) is 5.12. The molecular formula is C16H14BrO3.